The SMILES string of the molecule is CCOB(BC(C)C)OCC. The Labute approximate surface area is 71.0 Å². The molecule has 0 bridgehead atoms. The Kier molecular flexibility index (Phi) is 6.77. The molecule has 0 amide bonds. The van der Waals surface area contributed by atoms with Gasteiger partial charge in [0.05, 0.1) is 0 Å². The molecule has 0 fully saturated rings. The number of hydrogen-bond donors (Lipinski definition) is 0. The second-order valence-electron chi connectivity index (χ2n) is 2.97. The Hall–Kier alpha value is 0.0499. The van der Waals surface area contributed by atoms with Crippen molar-refractivity contribution < 1.29 is 9.31 Å². The van der Waals surface area contributed by atoms with Crippen LogP contribution in [0.3, 0.4) is 0 Å². The minimum Gasteiger partial charge on any atom is -0.418 e. The van der Waals surface area contributed by atoms with Crippen molar-refractivity contribution in [2.75, 3.05) is 13.2 Å². The maximum Gasteiger partial charge on any atom is 0.402 e. The molecular formula is C7H18B2O2. The van der Waals surface area contributed by atoms with E-state index < -0.39 is 0 Å². The van der Waals surface area contributed by atoms with Gasteiger partial charge in [-0.15, -0.1) is 0 Å². The minimum atomic E-state index is 0.00463. The predicted molar refractivity (Wildman–Crippen MR) is 51.3 cm³/mol. The lowest BCUT2D eigenvalue weighted by Crippen LogP contribution is -2.32. The van der Waals surface area contributed by atoms with E-state index in [0.717, 1.165) is 20.4 Å². The molecule has 0 aliphatic rings. The Morgan fingerprint density at radius 1 is 1.18 bits per heavy atom. The van der Waals surface area contributed by atoms with Crippen molar-refractivity contribution >= 4 is 14.2 Å². The van der Waals surface area contributed by atoms with Crippen LogP contribution in [0, 0.1) is 0 Å². The summed E-state index contributed by atoms with van der Waals surface area (Å²) in [5, 5.41) is 0. The summed E-state index contributed by atoms with van der Waals surface area (Å²) in [5.74, 6) is 0.637. The molecule has 11 heavy (non-hydrogen) atoms. The molecule has 4 heteroatoms. The van der Waals surface area contributed by atoms with Gasteiger partial charge in [-0.2, -0.15) is 0 Å². The number of hydrogen-bond acceptors (Lipinski definition) is 2. The fourth-order valence-corrected chi connectivity index (χ4v) is 0.941. The van der Waals surface area contributed by atoms with Crippen molar-refractivity contribution in [3.05, 3.63) is 0 Å². The van der Waals surface area contributed by atoms with E-state index in [4.69, 9.17) is 9.31 Å². The normalized spacial score (nSPS) is 10.3. The summed E-state index contributed by atoms with van der Waals surface area (Å²) in [6.07, 6.45) is 0. The highest BCUT2D eigenvalue weighted by Crippen LogP contribution is 2.01. The Bertz CT molecular complexity index is 82.5. The van der Waals surface area contributed by atoms with E-state index in [2.05, 4.69) is 13.8 Å². The van der Waals surface area contributed by atoms with Crippen LogP contribution in [0.25, 0.3) is 0 Å². The topological polar surface area (TPSA) is 18.5 Å². The molecule has 2 nitrogen and oxygen atoms in total. The number of rotatable bonds is 6. The van der Waals surface area contributed by atoms with Gasteiger partial charge >= 0.3 is 7.01 Å². The zero-order valence-corrected chi connectivity index (χ0v) is 8.09. The first kappa shape index (κ1) is 11.0. The quantitative estimate of drug-likeness (QED) is 0.539. The van der Waals surface area contributed by atoms with Gasteiger partial charge in [-0.05, 0) is 13.8 Å². The highest BCUT2D eigenvalue weighted by molar-refractivity contribution is 7.06. The molecule has 0 aliphatic heterocycles. The summed E-state index contributed by atoms with van der Waals surface area (Å²) in [7, 11) is 0.992. The lowest BCUT2D eigenvalue weighted by atomic mass is 9.38. The van der Waals surface area contributed by atoms with E-state index in [9.17, 15) is 0 Å². The standard InChI is InChI=1S/C7H18B2O2/c1-5-10-9(11-6-2)8-7(3)4/h7-8H,5-6H2,1-4H3. The van der Waals surface area contributed by atoms with Gasteiger partial charge in [0.15, 0.2) is 7.17 Å². The van der Waals surface area contributed by atoms with Gasteiger partial charge in [-0.25, -0.2) is 0 Å². The molecule has 0 N–H and O–H groups in total. The molecule has 0 radical (unpaired) electrons. The molecule has 0 heterocycles. The van der Waals surface area contributed by atoms with Crippen LogP contribution < -0.4 is 0 Å². The van der Waals surface area contributed by atoms with Gasteiger partial charge in [0.25, 0.3) is 0 Å². The average Bonchev–Trinajstić information content (AvgIpc) is 1.87. The van der Waals surface area contributed by atoms with Crippen LogP contribution in [0.4, 0.5) is 0 Å². The van der Waals surface area contributed by atoms with Gasteiger partial charge < -0.3 is 9.31 Å². The Balaban J connectivity index is 3.50. The maximum absolute atomic E-state index is 5.37. The van der Waals surface area contributed by atoms with Crippen LogP contribution in [0.1, 0.15) is 27.7 Å². The molecule has 0 spiro atoms. The molecule has 0 atom stereocenters. The van der Waals surface area contributed by atoms with E-state index in [1.165, 1.54) is 0 Å². The molecule has 0 rings (SSSR count). The molecule has 0 aromatic heterocycles. The van der Waals surface area contributed by atoms with Crippen molar-refractivity contribution in [1.29, 1.82) is 0 Å². The van der Waals surface area contributed by atoms with Gasteiger partial charge in [-0.3, -0.25) is 0 Å². The van der Waals surface area contributed by atoms with Crippen molar-refractivity contribution in [3.63, 3.8) is 0 Å². The smallest absolute Gasteiger partial charge is 0.402 e. The van der Waals surface area contributed by atoms with Crippen LogP contribution in [0.5, 0.6) is 0 Å². The second-order valence-corrected chi connectivity index (χ2v) is 2.97. The minimum absolute atomic E-state index is 0.00463. The van der Waals surface area contributed by atoms with Crippen LogP contribution in [0.15, 0.2) is 0 Å². The first-order chi connectivity index (χ1) is 5.20. The summed E-state index contributed by atoms with van der Waals surface area (Å²) >= 11 is 0. The predicted octanol–water partition coefficient (Wildman–Crippen LogP) is 1.31. The van der Waals surface area contributed by atoms with Crippen LogP contribution in [-0.2, 0) is 9.31 Å². The largest absolute Gasteiger partial charge is 0.418 e. The molecule has 0 unspecified atom stereocenters. The summed E-state index contributed by atoms with van der Waals surface area (Å²) in [6, 6.07) is 0. The molecule has 0 aliphatic carbocycles. The van der Waals surface area contributed by atoms with E-state index in [1.54, 1.807) is 0 Å². The highest BCUT2D eigenvalue weighted by atomic mass is 16.6. The lowest BCUT2D eigenvalue weighted by molar-refractivity contribution is 0.230. The van der Waals surface area contributed by atoms with Crippen LogP contribution in [0.2, 0.25) is 5.82 Å². The molecule has 64 valence electrons. The Morgan fingerprint density at radius 2 is 1.64 bits per heavy atom. The highest BCUT2D eigenvalue weighted by Gasteiger charge is 2.19. The second kappa shape index (κ2) is 6.74. The van der Waals surface area contributed by atoms with Gasteiger partial charge in [0, 0.05) is 13.2 Å². The molecule has 0 aromatic carbocycles. The van der Waals surface area contributed by atoms with Crippen molar-refractivity contribution in [2.45, 2.75) is 33.5 Å². The molecule has 0 aromatic rings. The molecule has 0 saturated carbocycles. The molecular weight excluding hydrogens is 138 g/mol. The first-order valence-corrected chi connectivity index (χ1v) is 4.43. The zero-order valence-electron chi connectivity index (χ0n) is 8.09. The van der Waals surface area contributed by atoms with E-state index in [-0.39, 0.29) is 7.01 Å². The molecule has 0 saturated heterocycles. The third-order valence-electron chi connectivity index (χ3n) is 1.37. The first-order valence-electron chi connectivity index (χ1n) is 4.43. The summed E-state index contributed by atoms with van der Waals surface area (Å²) in [5.41, 5.74) is 0. The van der Waals surface area contributed by atoms with Gasteiger partial charge in [0.1, 0.15) is 0 Å². The summed E-state index contributed by atoms with van der Waals surface area (Å²) in [4.78, 5) is 0. The fourth-order valence-electron chi connectivity index (χ4n) is 0.941. The monoisotopic (exact) mass is 156 g/mol. The fraction of sp³-hybridized carbons (Fsp3) is 1.00. The lowest BCUT2D eigenvalue weighted by Gasteiger charge is -2.13. The average molecular weight is 156 g/mol. The van der Waals surface area contributed by atoms with E-state index >= 15 is 0 Å². The van der Waals surface area contributed by atoms with Crippen LogP contribution >= 0.6 is 0 Å². The van der Waals surface area contributed by atoms with Crippen molar-refractivity contribution in [2.24, 2.45) is 0 Å². The summed E-state index contributed by atoms with van der Waals surface area (Å²) in [6.45, 7) is 9.80. The van der Waals surface area contributed by atoms with Crippen molar-refractivity contribution in [3.8, 4) is 0 Å². The van der Waals surface area contributed by atoms with Gasteiger partial charge in [0.2, 0.25) is 0 Å². The maximum atomic E-state index is 5.37. The zero-order chi connectivity index (χ0) is 8.69. The Morgan fingerprint density at radius 3 is 1.91 bits per heavy atom. The van der Waals surface area contributed by atoms with Crippen molar-refractivity contribution in [1.82, 2.24) is 0 Å². The van der Waals surface area contributed by atoms with Crippen LogP contribution in [-0.4, -0.2) is 27.4 Å². The van der Waals surface area contributed by atoms with E-state index in [0.29, 0.717) is 5.82 Å². The third-order valence-corrected chi connectivity index (χ3v) is 1.37. The van der Waals surface area contributed by atoms with Gasteiger partial charge in [-0.1, -0.05) is 19.7 Å². The third kappa shape index (κ3) is 6.45. The summed E-state index contributed by atoms with van der Waals surface area (Å²) < 4.78 is 10.7. The van der Waals surface area contributed by atoms with E-state index in [1.807, 2.05) is 13.8 Å².